The summed E-state index contributed by atoms with van der Waals surface area (Å²) in [6.45, 7) is 1.93. The molecule has 0 saturated heterocycles. The van der Waals surface area contributed by atoms with Gasteiger partial charge in [0.05, 0.1) is 5.56 Å². The van der Waals surface area contributed by atoms with Gasteiger partial charge in [0, 0.05) is 17.5 Å². The second kappa shape index (κ2) is 5.84. The summed E-state index contributed by atoms with van der Waals surface area (Å²) < 4.78 is 0. The fourth-order valence-electron chi connectivity index (χ4n) is 1.94. The van der Waals surface area contributed by atoms with Crippen molar-refractivity contribution in [3.05, 3.63) is 57.5 Å². The van der Waals surface area contributed by atoms with Crippen LogP contribution in [0.25, 0.3) is 0 Å². The Morgan fingerprint density at radius 2 is 2.10 bits per heavy atom. The Hall–Kier alpha value is -2.54. The van der Waals surface area contributed by atoms with Gasteiger partial charge < -0.3 is 5.32 Å². The predicted octanol–water partition coefficient (Wildman–Crippen LogP) is 2.41. The number of aromatic amines is 1. The standard InChI is InChI=1S/C14H13N5OS/c1-9-7-21-8-12(9)14(20)15-11-4-2-10(3-5-11)6-13-16-18-19-17-13/h2-5,7-8H,6H2,1H3,(H,15,20)(H,16,17,18,19). The van der Waals surface area contributed by atoms with Gasteiger partial charge in [-0.3, -0.25) is 4.79 Å². The molecule has 0 aliphatic carbocycles. The predicted molar refractivity (Wildman–Crippen MR) is 80.4 cm³/mol. The number of nitrogens with one attached hydrogen (secondary N) is 2. The summed E-state index contributed by atoms with van der Waals surface area (Å²) in [6.07, 6.45) is 0.606. The number of tetrazole rings is 1. The number of aromatic nitrogens is 4. The maximum absolute atomic E-state index is 12.1. The zero-order valence-corrected chi connectivity index (χ0v) is 12.1. The molecule has 0 atom stereocenters. The van der Waals surface area contributed by atoms with Crippen LogP contribution in [-0.2, 0) is 6.42 Å². The number of carbonyl (C=O) groups excluding carboxylic acids is 1. The van der Waals surface area contributed by atoms with Gasteiger partial charge in [-0.15, -0.1) is 10.2 Å². The summed E-state index contributed by atoms with van der Waals surface area (Å²) in [6, 6.07) is 7.61. The lowest BCUT2D eigenvalue weighted by atomic mass is 10.1. The van der Waals surface area contributed by atoms with Gasteiger partial charge >= 0.3 is 0 Å². The van der Waals surface area contributed by atoms with Gasteiger partial charge in [0.1, 0.15) is 0 Å². The zero-order chi connectivity index (χ0) is 14.7. The first-order valence-electron chi connectivity index (χ1n) is 6.38. The molecular weight excluding hydrogens is 286 g/mol. The molecule has 0 bridgehead atoms. The van der Waals surface area contributed by atoms with Gasteiger partial charge in [0.15, 0.2) is 5.82 Å². The Bertz CT molecular complexity index is 733. The van der Waals surface area contributed by atoms with Crippen LogP contribution in [0.5, 0.6) is 0 Å². The number of rotatable bonds is 4. The average Bonchev–Trinajstić information content (AvgIpc) is 3.12. The Morgan fingerprint density at radius 3 is 2.71 bits per heavy atom. The van der Waals surface area contributed by atoms with Crippen molar-refractivity contribution in [2.45, 2.75) is 13.3 Å². The third-order valence-electron chi connectivity index (χ3n) is 3.06. The molecule has 6 nitrogen and oxygen atoms in total. The SMILES string of the molecule is Cc1cscc1C(=O)Nc1ccc(Cc2nn[nH]n2)cc1. The summed E-state index contributed by atoms with van der Waals surface area (Å²) in [5, 5.41) is 20.5. The number of H-pyrrole nitrogens is 1. The molecule has 2 aromatic heterocycles. The minimum Gasteiger partial charge on any atom is -0.322 e. The van der Waals surface area contributed by atoms with Crippen molar-refractivity contribution in [2.75, 3.05) is 5.32 Å². The van der Waals surface area contributed by atoms with Crippen LogP contribution < -0.4 is 5.32 Å². The highest BCUT2D eigenvalue weighted by molar-refractivity contribution is 7.08. The molecule has 0 spiro atoms. The lowest BCUT2D eigenvalue weighted by Gasteiger charge is -2.05. The molecule has 0 unspecified atom stereocenters. The Balaban J connectivity index is 1.67. The van der Waals surface area contributed by atoms with Crippen LogP contribution in [0, 0.1) is 6.92 Å². The minimum absolute atomic E-state index is 0.0836. The lowest BCUT2D eigenvalue weighted by Crippen LogP contribution is -2.12. The van der Waals surface area contributed by atoms with Crippen molar-refractivity contribution >= 4 is 22.9 Å². The van der Waals surface area contributed by atoms with Crippen molar-refractivity contribution in [1.29, 1.82) is 0 Å². The molecule has 2 heterocycles. The fraction of sp³-hybridized carbons (Fsp3) is 0.143. The van der Waals surface area contributed by atoms with Gasteiger partial charge in [-0.05, 0) is 35.6 Å². The third kappa shape index (κ3) is 3.14. The van der Waals surface area contributed by atoms with Gasteiger partial charge in [-0.25, -0.2) is 0 Å². The van der Waals surface area contributed by atoms with E-state index in [0.717, 1.165) is 22.4 Å². The van der Waals surface area contributed by atoms with Crippen LogP contribution in [0.4, 0.5) is 5.69 Å². The van der Waals surface area contributed by atoms with Crippen LogP contribution in [0.15, 0.2) is 35.0 Å². The van der Waals surface area contributed by atoms with Gasteiger partial charge in [0.2, 0.25) is 0 Å². The zero-order valence-electron chi connectivity index (χ0n) is 11.3. The van der Waals surface area contributed by atoms with Crippen LogP contribution in [0.1, 0.15) is 27.3 Å². The van der Waals surface area contributed by atoms with Crippen molar-refractivity contribution in [3.8, 4) is 0 Å². The summed E-state index contributed by atoms with van der Waals surface area (Å²) in [7, 11) is 0. The number of aryl methyl sites for hydroxylation is 1. The molecule has 21 heavy (non-hydrogen) atoms. The number of anilines is 1. The van der Waals surface area contributed by atoms with Crippen molar-refractivity contribution in [1.82, 2.24) is 20.6 Å². The van der Waals surface area contributed by atoms with E-state index in [2.05, 4.69) is 25.9 Å². The number of hydrogen-bond acceptors (Lipinski definition) is 5. The molecule has 3 rings (SSSR count). The summed E-state index contributed by atoms with van der Waals surface area (Å²) in [4.78, 5) is 12.1. The molecule has 0 fully saturated rings. The first-order chi connectivity index (χ1) is 10.2. The number of hydrogen-bond donors (Lipinski definition) is 2. The molecule has 106 valence electrons. The summed E-state index contributed by atoms with van der Waals surface area (Å²) >= 11 is 1.53. The fourth-order valence-corrected chi connectivity index (χ4v) is 2.77. The maximum atomic E-state index is 12.1. The second-order valence-electron chi connectivity index (χ2n) is 4.62. The van der Waals surface area contributed by atoms with E-state index >= 15 is 0 Å². The first kappa shape index (κ1) is 13.4. The first-order valence-corrected chi connectivity index (χ1v) is 7.32. The van der Waals surface area contributed by atoms with Crippen LogP contribution in [0.3, 0.4) is 0 Å². The number of amides is 1. The van der Waals surface area contributed by atoms with Gasteiger partial charge in [-0.2, -0.15) is 16.6 Å². The molecule has 7 heteroatoms. The van der Waals surface area contributed by atoms with Crippen LogP contribution in [0.2, 0.25) is 0 Å². The molecular formula is C14H13N5OS. The van der Waals surface area contributed by atoms with E-state index < -0.39 is 0 Å². The number of carbonyl (C=O) groups is 1. The average molecular weight is 299 g/mol. The van der Waals surface area contributed by atoms with Crippen molar-refractivity contribution in [3.63, 3.8) is 0 Å². The van der Waals surface area contributed by atoms with Crippen molar-refractivity contribution < 1.29 is 4.79 Å². The van der Waals surface area contributed by atoms with E-state index in [1.165, 1.54) is 11.3 Å². The Kier molecular flexibility index (Phi) is 3.74. The largest absolute Gasteiger partial charge is 0.322 e. The molecule has 0 aliphatic heterocycles. The second-order valence-corrected chi connectivity index (χ2v) is 5.37. The lowest BCUT2D eigenvalue weighted by molar-refractivity contribution is 0.102. The quantitative estimate of drug-likeness (QED) is 0.775. The molecule has 0 radical (unpaired) electrons. The van der Waals surface area contributed by atoms with E-state index in [9.17, 15) is 4.79 Å². The van der Waals surface area contributed by atoms with Gasteiger partial charge in [-0.1, -0.05) is 17.3 Å². The highest BCUT2D eigenvalue weighted by atomic mass is 32.1. The van der Waals surface area contributed by atoms with E-state index in [1.54, 1.807) is 0 Å². The Morgan fingerprint density at radius 1 is 1.29 bits per heavy atom. The topological polar surface area (TPSA) is 83.6 Å². The Labute approximate surface area is 125 Å². The monoisotopic (exact) mass is 299 g/mol. The highest BCUT2D eigenvalue weighted by Gasteiger charge is 2.10. The van der Waals surface area contributed by atoms with Crippen molar-refractivity contribution in [2.24, 2.45) is 0 Å². The van der Waals surface area contributed by atoms with Crippen LogP contribution >= 0.6 is 11.3 Å². The number of thiophene rings is 1. The van der Waals surface area contributed by atoms with Gasteiger partial charge in [0.25, 0.3) is 5.91 Å². The third-order valence-corrected chi connectivity index (χ3v) is 3.92. The van der Waals surface area contributed by atoms with E-state index in [4.69, 9.17) is 0 Å². The minimum atomic E-state index is -0.0836. The molecule has 1 aromatic carbocycles. The molecule has 3 aromatic rings. The van der Waals surface area contributed by atoms with E-state index in [1.807, 2.05) is 41.9 Å². The maximum Gasteiger partial charge on any atom is 0.256 e. The normalized spacial score (nSPS) is 10.5. The highest BCUT2D eigenvalue weighted by Crippen LogP contribution is 2.17. The molecule has 0 aliphatic rings. The van der Waals surface area contributed by atoms with Crippen LogP contribution in [-0.4, -0.2) is 26.5 Å². The molecule has 0 saturated carbocycles. The smallest absolute Gasteiger partial charge is 0.256 e. The summed E-state index contributed by atoms with van der Waals surface area (Å²) in [5.74, 6) is 0.556. The molecule has 2 N–H and O–H groups in total. The molecule has 1 amide bonds. The number of benzene rings is 1. The van der Waals surface area contributed by atoms with E-state index in [0.29, 0.717) is 12.2 Å². The number of nitrogens with zero attached hydrogens (tertiary/aromatic N) is 3. The van der Waals surface area contributed by atoms with E-state index in [-0.39, 0.29) is 5.91 Å². The summed E-state index contributed by atoms with van der Waals surface area (Å²) in [5.41, 5.74) is 3.53.